The van der Waals surface area contributed by atoms with Gasteiger partial charge >= 0.3 is 11.9 Å². The zero-order chi connectivity index (χ0) is 24.8. The van der Waals surface area contributed by atoms with E-state index in [1.54, 1.807) is 44.2 Å². The first-order valence-corrected chi connectivity index (χ1v) is 11.5. The fourth-order valence-corrected chi connectivity index (χ4v) is 4.01. The van der Waals surface area contributed by atoms with E-state index in [9.17, 15) is 14.0 Å². The summed E-state index contributed by atoms with van der Waals surface area (Å²) in [6, 6.07) is 20.6. The highest BCUT2D eigenvalue weighted by Crippen LogP contribution is 2.35. The molecule has 7 heteroatoms. The third kappa shape index (κ3) is 5.69. The van der Waals surface area contributed by atoms with Gasteiger partial charge in [-0.25, -0.2) is 14.0 Å². The number of hydrogen-bond acceptors (Lipinski definition) is 6. The lowest BCUT2D eigenvalue weighted by Crippen LogP contribution is -2.25. The van der Waals surface area contributed by atoms with Crippen LogP contribution in [0.15, 0.2) is 84.6 Å². The molecule has 0 aliphatic carbocycles. The molecule has 0 amide bonds. The molecule has 0 saturated heterocycles. The van der Waals surface area contributed by atoms with E-state index >= 15 is 0 Å². The fourth-order valence-electron chi connectivity index (χ4n) is 4.01. The van der Waals surface area contributed by atoms with Crippen LogP contribution < -0.4 is 10.2 Å². The highest BCUT2D eigenvalue weighted by molar-refractivity contribution is 5.90. The highest BCUT2D eigenvalue weighted by atomic mass is 19.1. The van der Waals surface area contributed by atoms with Crippen LogP contribution in [-0.4, -0.2) is 31.7 Å². The molecular formula is C28H27FN2O4. The second-order valence-corrected chi connectivity index (χ2v) is 8.01. The Kier molecular flexibility index (Phi) is 7.45. The van der Waals surface area contributed by atoms with E-state index in [1.807, 2.05) is 36.4 Å². The third-order valence-electron chi connectivity index (χ3n) is 5.64. The van der Waals surface area contributed by atoms with E-state index in [0.29, 0.717) is 30.9 Å². The smallest absolute Gasteiger partial charge is 0.338 e. The summed E-state index contributed by atoms with van der Waals surface area (Å²) >= 11 is 0. The zero-order valence-electron chi connectivity index (χ0n) is 19.7. The number of nitrogens with zero attached hydrogens (tertiary/aromatic N) is 1. The summed E-state index contributed by atoms with van der Waals surface area (Å²) in [5.41, 5.74) is 4.41. The standard InChI is InChI=1S/C28H27FN2O4/c1-3-34-27(32)19-8-12-23(13-9-19)30-24-17-26(21-6-5-7-22(29)16-21)31(18-24)25-14-10-20(11-15-25)28(33)35-4-2/h5-17,26,30H,3-4,18H2,1-2H3. The predicted molar refractivity (Wildman–Crippen MR) is 133 cm³/mol. The summed E-state index contributed by atoms with van der Waals surface area (Å²) in [4.78, 5) is 26.1. The summed E-state index contributed by atoms with van der Waals surface area (Å²) in [6.45, 7) is 4.72. The Bertz CT molecular complexity index is 1220. The van der Waals surface area contributed by atoms with Gasteiger partial charge < -0.3 is 19.7 Å². The molecule has 3 aromatic rings. The molecule has 0 spiro atoms. The van der Waals surface area contributed by atoms with Crippen molar-refractivity contribution in [3.63, 3.8) is 0 Å². The molecule has 1 atom stereocenters. The minimum absolute atomic E-state index is 0.208. The molecule has 1 N–H and O–H groups in total. The quantitative estimate of drug-likeness (QED) is 0.420. The van der Waals surface area contributed by atoms with Crippen molar-refractivity contribution in [3.05, 3.63) is 107 Å². The largest absolute Gasteiger partial charge is 0.462 e. The van der Waals surface area contributed by atoms with Gasteiger partial charge in [0.2, 0.25) is 0 Å². The minimum Gasteiger partial charge on any atom is -0.462 e. The Morgan fingerprint density at radius 2 is 1.51 bits per heavy atom. The van der Waals surface area contributed by atoms with Gasteiger partial charge in [-0.15, -0.1) is 0 Å². The van der Waals surface area contributed by atoms with Gasteiger partial charge in [-0.05, 0) is 86.2 Å². The molecule has 1 unspecified atom stereocenters. The van der Waals surface area contributed by atoms with Crippen molar-refractivity contribution < 1.29 is 23.5 Å². The van der Waals surface area contributed by atoms with Crippen molar-refractivity contribution in [2.45, 2.75) is 19.9 Å². The SMILES string of the molecule is CCOC(=O)c1ccc(NC2=CC(c3cccc(F)c3)N(c3ccc(C(=O)OCC)cc3)C2)cc1. The van der Waals surface area contributed by atoms with Crippen LogP contribution in [0.25, 0.3) is 0 Å². The number of benzene rings is 3. The third-order valence-corrected chi connectivity index (χ3v) is 5.64. The van der Waals surface area contributed by atoms with Crippen LogP contribution in [-0.2, 0) is 9.47 Å². The molecule has 1 aliphatic rings. The van der Waals surface area contributed by atoms with Gasteiger partial charge in [0.05, 0.1) is 36.9 Å². The molecule has 6 nitrogen and oxygen atoms in total. The van der Waals surface area contributed by atoms with Gasteiger partial charge in [-0.2, -0.15) is 0 Å². The van der Waals surface area contributed by atoms with Crippen LogP contribution in [0.5, 0.6) is 0 Å². The van der Waals surface area contributed by atoms with Crippen LogP contribution in [0.1, 0.15) is 46.2 Å². The van der Waals surface area contributed by atoms with E-state index in [-0.39, 0.29) is 23.8 Å². The molecule has 0 saturated carbocycles. The molecule has 180 valence electrons. The summed E-state index contributed by atoms with van der Waals surface area (Å²) in [6.07, 6.45) is 2.05. The van der Waals surface area contributed by atoms with Crippen LogP contribution in [0.4, 0.5) is 15.8 Å². The Labute approximate surface area is 204 Å². The van der Waals surface area contributed by atoms with Crippen molar-refractivity contribution in [2.75, 3.05) is 30.0 Å². The van der Waals surface area contributed by atoms with Crippen LogP contribution >= 0.6 is 0 Å². The van der Waals surface area contributed by atoms with E-state index in [1.165, 1.54) is 12.1 Å². The number of anilines is 2. The molecule has 4 rings (SSSR count). The van der Waals surface area contributed by atoms with Gasteiger partial charge in [0, 0.05) is 17.1 Å². The number of nitrogens with one attached hydrogen (secondary N) is 1. The second kappa shape index (κ2) is 10.9. The van der Waals surface area contributed by atoms with Crippen LogP contribution in [0, 0.1) is 5.82 Å². The number of ether oxygens (including phenoxy) is 2. The van der Waals surface area contributed by atoms with Crippen LogP contribution in [0.3, 0.4) is 0 Å². The molecule has 0 radical (unpaired) electrons. The van der Waals surface area contributed by atoms with Crippen LogP contribution in [0.2, 0.25) is 0 Å². The topological polar surface area (TPSA) is 67.9 Å². The molecule has 35 heavy (non-hydrogen) atoms. The predicted octanol–water partition coefficient (Wildman–Crippen LogP) is 5.74. The first-order valence-electron chi connectivity index (χ1n) is 11.5. The maximum absolute atomic E-state index is 14.0. The van der Waals surface area contributed by atoms with E-state index in [2.05, 4.69) is 10.2 Å². The molecule has 1 aliphatic heterocycles. The number of carbonyl (C=O) groups is 2. The Morgan fingerprint density at radius 3 is 2.09 bits per heavy atom. The summed E-state index contributed by atoms with van der Waals surface area (Å²) in [5, 5.41) is 3.40. The van der Waals surface area contributed by atoms with Crippen molar-refractivity contribution in [3.8, 4) is 0 Å². The van der Waals surface area contributed by atoms with Crippen molar-refractivity contribution >= 4 is 23.3 Å². The lowest BCUT2D eigenvalue weighted by Gasteiger charge is -2.27. The first-order chi connectivity index (χ1) is 17.0. The number of hydrogen-bond donors (Lipinski definition) is 1. The molecule has 3 aromatic carbocycles. The van der Waals surface area contributed by atoms with Gasteiger partial charge in [0.25, 0.3) is 0 Å². The number of carbonyl (C=O) groups excluding carboxylic acids is 2. The summed E-state index contributed by atoms with van der Waals surface area (Å²) in [7, 11) is 0. The zero-order valence-corrected chi connectivity index (χ0v) is 19.7. The molecular weight excluding hydrogens is 447 g/mol. The summed E-state index contributed by atoms with van der Waals surface area (Å²) < 4.78 is 24.1. The van der Waals surface area contributed by atoms with Gasteiger partial charge in [0.15, 0.2) is 0 Å². The molecule has 0 aromatic heterocycles. The van der Waals surface area contributed by atoms with E-state index < -0.39 is 0 Å². The van der Waals surface area contributed by atoms with E-state index in [0.717, 1.165) is 22.6 Å². The lowest BCUT2D eigenvalue weighted by molar-refractivity contribution is 0.0517. The normalized spacial score (nSPS) is 14.9. The average molecular weight is 475 g/mol. The summed E-state index contributed by atoms with van der Waals surface area (Å²) in [5.74, 6) is -1.03. The first kappa shape index (κ1) is 24.0. The average Bonchev–Trinajstić information content (AvgIpc) is 3.28. The number of esters is 2. The van der Waals surface area contributed by atoms with E-state index in [4.69, 9.17) is 9.47 Å². The van der Waals surface area contributed by atoms with Gasteiger partial charge in [0.1, 0.15) is 5.82 Å². The molecule has 0 bridgehead atoms. The maximum Gasteiger partial charge on any atom is 0.338 e. The fraction of sp³-hybridized carbons (Fsp3) is 0.214. The number of rotatable bonds is 8. The Morgan fingerprint density at radius 1 is 0.914 bits per heavy atom. The number of halogens is 1. The Hall–Kier alpha value is -4.13. The second-order valence-electron chi connectivity index (χ2n) is 8.01. The van der Waals surface area contributed by atoms with Gasteiger partial charge in [-0.3, -0.25) is 0 Å². The van der Waals surface area contributed by atoms with Crippen molar-refractivity contribution in [1.82, 2.24) is 0 Å². The van der Waals surface area contributed by atoms with Crippen molar-refractivity contribution in [1.29, 1.82) is 0 Å². The Balaban J connectivity index is 1.57. The van der Waals surface area contributed by atoms with Crippen molar-refractivity contribution in [2.24, 2.45) is 0 Å². The lowest BCUT2D eigenvalue weighted by atomic mass is 10.1. The maximum atomic E-state index is 14.0. The minimum atomic E-state index is -0.367. The highest BCUT2D eigenvalue weighted by Gasteiger charge is 2.27. The monoisotopic (exact) mass is 474 g/mol. The van der Waals surface area contributed by atoms with Gasteiger partial charge in [-0.1, -0.05) is 12.1 Å². The molecule has 0 fully saturated rings. The molecule has 1 heterocycles.